The molecular weight excluding hydrogens is 681 g/mol. The van der Waals surface area contributed by atoms with Gasteiger partial charge in [0.1, 0.15) is 5.58 Å². The van der Waals surface area contributed by atoms with Crippen molar-refractivity contribution in [1.29, 1.82) is 0 Å². The van der Waals surface area contributed by atoms with E-state index < -0.39 is 20.6 Å². The third-order valence-electron chi connectivity index (χ3n) is 6.44. The van der Waals surface area contributed by atoms with Gasteiger partial charge in [0.15, 0.2) is 0 Å². The van der Waals surface area contributed by atoms with Gasteiger partial charge < -0.3 is 14.4 Å². The summed E-state index contributed by atoms with van der Waals surface area (Å²) in [6.45, 7) is -6.60. The van der Waals surface area contributed by atoms with Crippen molar-refractivity contribution >= 4 is 21.9 Å². The van der Waals surface area contributed by atoms with Gasteiger partial charge in [-0.3, -0.25) is 0 Å². The Morgan fingerprint density at radius 2 is 1.51 bits per heavy atom. The maximum absolute atomic E-state index is 7.91. The Hall–Kier alpha value is -4.37. The standard InChI is InChI=1S/C24H16NO.C13H12N.Ir/c1-16-15-25-22(14-21(16)17-8-3-2-4-9-17)20-12-7-11-19-18-10-5-6-13-23(18)26-24(19)20;1-10-3-6-12(7-4-10)13-8-5-11(2)9-14-13;/h2-11,13-15H,1H3;3-6,8-9H,1-2H3;/q2*-1;/i1D3;1D3,2D3;. The number of aromatic nitrogens is 2. The Kier molecular flexibility index (Phi) is 5.72. The zero-order valence-electron chi connectivity index (χ0n) is 30.6. The van der Waals surface area contributed by atoms with Crippen LogP contribution in [-0.2, 0) is 20.1 Å². The molecule has 0 unspecified atom stereocenters. The Morgan fingerprint density at radius 1 is 0.707 bits per heavy atom. The van der Waals surface area contributed by atoms with Crippen LogP contribution in [0.2, 0.25) is 0 Å². The van der Waals surface area contributed by atoms with E-state index in [4.69, 9.17) is 16.8 Å². The van der Waals surface area contributed by atoms with E-state index in [-0.39, 0.29) is 36.8 Å². The largest absolute Gasteiger partial charge is 0.501 e. The topological polar surface area (TPSA) is 38.9 Å². The van der Waals surface area contributed by atoms with Gasteiger partial charge in [0.05, 0.1) is 5.58 Å². The van der Waals surface area contributed by atoms with Crippen LogP contribution in [-0.4, -0.2) is 9.97 Å². The summed E-state index contributed by atoms with van der Waals surface area (Å²) in [4.78, 5) is 8.55. The monoisotopic (exact) mass is 718 g/mol. The summed E-state index contributed by atoms with van der Waals surface area (Å²) in [5, 5.41) is 2.01. The van der Waals surface area contributed by atoms with E-state index in [9.17, 15) is 0 Å². The van der Waals surface area contributed by atoms with Crippen LogP contribution in [0, 0.1) is 32.7 Å². The SMILES string of the molecule is [2H]C([2H])([2H])c1c[c-]c(-c2ccc(C([2H])([2H])[2H])cn2)cc1.[2H]C([2H])([2H])c1cnc(-c2[c-]ccc3c2oc2ccccc23)cc1-c1ccccc1.[Ir]. The summed E-state index contributed by atoms with van der Waals surface area (Å²) in [7, 11) is 0. The Labute approximate surface area is 266 Å². The Balaban J connectivity index is 0.000000204. The van der Waals surface area contributed by atoms with E-state index in [0.29, 0.717) is 33.7 Å². The summed E-state index contributed by atoms with van der Waals surface area (Å²) in [5.74, 6) is 0. The zero-order chi connectivity index (χ0) is 35.0. The number of rotatable bonds is 3. The van der Waals surface area contributed by atoms with Gasteiger partial charge in [0, 0.05) is 50.2 Å². The summed E-state index contributed by atoms with van der Waals surface area (Å²) in [5.41, 5.74) is 6.08. The van der Waals surface area contributed by atoms with Crippen molar-refractivity contribution in [3.05, 3.63) is 144 Å². The molecule has 0 amide bonds. The average molecular weight is 718 g/mol. The second kappa shape index (κ2) is 12.4. The molecule has 0 N–H and O–H groups in total. The molecule has 4 aromatic carbocycles. The minimum Gasteiger partial charge on any atom is -0.501 e. The third-order valence-corrected chi connectivity index (χ3v) is 6.44. The van der Waals surface area contributed by atoms with Crippen molar-refractivity contribution in [3.8, 4) is 33.6 Å². The molecule has 0 saturated heterocycles. The van der Waals surface area contributed by atoms with E-state index >= 15 is 0 Å². The fraction of sp³-hybridized carbons (Fsp3) is 0.0811. The number of aryl methyl sites for hydroxylation is 3. The first-order chi connectivity index (χ1) is 23.2. The number of benzene rings is 4. The van der Waals surface area contributed by atoms with Crippen LogP contribution in [0.1, 0.15) is 29.0 Å². The third kappa shape index (κ3) is 6.05. The van der Waals surface area contributed by atoms with Crippen LogP contribution < -0.4 is 0 Å². The summed E-state index contributed by atoms with van der Waals surface area (Å²) < 4.78 is 73.5. The van der Waals surface area contributed by atoms with Gasteiger partial charge in [-0.25, -0.2) is 0 Å². The number of nitrogens with zero attached hydrogens (tertiary/aromatic N) is 2. The predicted octanol–water partition coefficient (Wildman–Crippen LogP) is 9.59. The molecule has 0 aliphatic carbocycles. The molecule has 3 aromatic heterocycles. The molecule has 1 radical (unpaired) electrons. The molecule has 0 saturated carbocycles. The number of pyridine rings is 2. The first-order valence-electron chi connectivity index (χ1n) is 17.1. The van der Waals surface area contributed by atoms with E-state index in [0.717, 1.165) is 21.9 Å². The maximum Gasteiger partial charge on any atom is 0.120 e. The molecule has 7 rings (SSSR count). The van der Waals surface area contributed by atoms with Gasteiger partial charge in [0.25, 0.3) is 0 Å². The minimum atomic E-state index is -2.26. The van der Waals surface area contributed by atoms with Gasteiger partial charge in [-0.15, -0.1) is 53.6 Å². The van der Waals surface area contributed by atoms with Crippen molar-refractivity contribution in [2.45, 2.75) is 20.6 Å². The smallest absolute Gasteiger partial charge is 0.120 e. The van der Waals surface area contributed by atoms with Gasteiger partial charge in [0.2, 0.25) is 0 Å². The van der Waals surface area contributed by atoms with Crippen molar-refractivity contribution in [3.63, 3.8) is 0 Å². The van der Waals surface area contributed by atoms with Gasteiger partial charge in [-0.2, -0.15) is 0 Å². The summed E-state index contributed by atoms with van der Waals surface area (Å²) in [6, 6.07) is 36.7. The Morgan fingerprint density at radius 3 is 2.27 bits per heavy atom. The van der Waals surface area contributed by atoms with Crippen LogP contribution in [0.25, 0.3) is 55.6 Å². The number of fused-ring (bicyclic) bond motifs is 3. The number of hydrogen-bond donors (Lipinski definition) is 0. The van der Waals surface area contributed by atoms with Crippen LogP contribution >= 0.6 is 0 Å². The van der Waals surface area contributed by atoms with Crippen molar-refractivity contribution in [2.75, 3.05) is 0 Å². The van der Waals surface area contributed by atoms with Crippen molar-refractivity contribution in [2.24, 2.45) is 0 Å². The fourth-order valence-electron chi connectivity index (χ4n) is 4.47. The first-order valence-corrected chi connectivity index (χ1v) is 12.6. The first kappa shape index (κ1) is 18.9. The fourth-order valence-corrected chi connectivity index (χ4v) is 4.47. The molecule has 0 aliphatic heterocycles. The maximum atomic E-state index is 7.91. The van der Waals surface area contributed by atoms with Crippen LogP contribution in [0.15, 0.2) is 120 Å². The van der Waals surface area contributed by atoms with E-state index in [1.54, 1.807) is 12.1 Å². The van der Waals surface area contributed by atoms with Crippen LogP contribution in [0.5, 0.6) is 0 Å². The quantitative estimate of drug-likeness (QED) is 0.171. The van der Waals surface area contributed by atoms with Crippen LogP contribution in [0.3, 0.4) is 0 Å². The van der Waals surface area contributed by atoms with Crippen molar-refractivity contribution < 1.29 is 36.9 Å². The molecule has 7 aromatic rings. The molecule has 203 valence electrons. The zero-order valence-corrected chi connectivity index (χ0v) is 24.0. The number of para-hydroxylation sites is 1. The van der Waals surface area contributed by atoms with Gasteiger partial charge in [-0.1, -0.05) is 84.5 Å². The van der Waals surface area contributed by atoms with E-state index in [2.05, 4.69) is 22.1 Å². The van der Waals surface area contributed by atoms with E-state index in [1.807, 2.05) is 72.8 Å². The van der Waals surface area contributed by atoms with Crippen molar-refractivity contribution in [1.82, 2.24) is 9.97 Å². The minimum absolute atomic E-state index is 0. The van der Waals surface area contributed by atoms with Gasteiger partial charge in [-0.05, 0) is 53.4 Å². The Bertz CT molecular complexity index is 2170. The molecule has 0 fully saturated rings. The summed E-state index contributed by atoms with van der Waals surface area (Å²) >= 11 is 0. The summed E-state index contributed by atoms with van der Waals surface area (Å²) in [6.07, 6.45) is 2.74. The van der Waals surface area contributed by atoms with Gasteiger partial charge >= 0.3 is 0 Å². The van der Waals surface area contributed by atoms with E-state index in [1.165, 1.54) is 30.6 Å². The average Bonchev–Trinajstić information content (AvgIpc) is 3.47. The normalized spacial score (nSPS) is 14.8. The molecule has 0 atom stereocenters. The van der Waals surface area contributed by atoms with Crippen LogP contribution in [0.4, 0.5) is 0 Å². The molecule has 4 heteroatoms. The molecule has 0 bridgehead atoms. The predicted molar refractivity (Wildman–Crippen MR) is 164 cm³/mol. The molecule has 0 spiro atoms. The second-order valence-electron chi connectivity index (χ2n) is 9.10. The molecule has 41 heavy (non-hydrogen) atoms. The molecular formula is C37H28IrN2O-2. The molecule has 3 nitrogen and oxygen atoms in total. The number of furan rings is 1. The molecule has 3 heterocycles. The second-order valence-corrected chi connectivity index (χ2v) is 9.10. The molecule has 0 aliphatic rings. The number of hydrogen-bond acceptors (Lipinski definition) is 3.